The molecule has 4 nitrogen and oxygen atoms in total. The second kappa shape index (κ2) is 4.65. The van der Waals surface area contributed by atoms with Gasteiger partial charge in [-0.3, -0.25) is 0 Å². The van der Waals surface area contributed by atoms with Gasteiger partial charge >= 0.3 is 7.12 Å². The van der Waals surface area contributed by atoms with E-state index >= 15 is 0 Å². The number of benzene rings is 1. The lowest BCUT2D eigenvalue weighted by molar-refractivity contribution is 0.00578. The fraction of sp³-hybridized carbons (Fsp3) is 0.500. The summed E-state index contributed by atoms with van der Waals surface area (Å²) in [5.41, 5.74) is 1.87. The Morgan fingerprint density at radius 2 is 1.74 bits per heavy atom. The molecule has 0 bridgehead atoms. The van der Waals surface area contributed by atoms with Crippen LogP contribution < -0.4 is 10.8 Å². The Morgan fingerprint density at radius 1 is 1.16 bits per heavy atom. The van der Waals surface area contributed by atoms with Crippen molar-refractivity contribution >= 4 is 24.5 Å². The van der Waals surface area contributed by atoms with E-state index in [-0.39, 0.29) is 11.2 Å². The summed E-state index contributed by atoms with van der Waals surface area (Å²) >= 11 is 0. The highest BCUT2D eigenvalue weighted by molar-refractivity contribution is 6.63. The summed E-state index contributed by atoms with van der Waals surface area (Å²) in [6, 6.07) is 5.83. The van der Waals surface area contributed by atoms with Crippen molar-refractivity contribution in [3.05, 3.63) is 23.8 Å². The van der Waals surface area contributed by atoms with E-state index in [4.69, 9.17) is 14.7 Å². The predicted octanol–water partition coefficient (Wildman–Crippen LogP) is 2.03. The Morgan fingerprint density at radius 3 is 2.21 bits per heavy atom. The van der Waals surface area contributed by atoms with Gasteiger partial charge in [0.15, 0.2) is 0 Å². The zero-order valence-corrected chi connectivity index (χ0v) is 12.2. The monoisotopic (exact) mass is 260 g/mol. The summed E-state index contributed by atoms with van der Waals surface area (Å²) in [6.45, 7) is 8.11. The third kappa shape index (κ3) is 2.28. The van der Waals surface area contributed by atoms with E-state index in [9.17, 15) is 0 Å². The fourth-order valence-corrected chi connectivity index (χ4v) is 2.14. The number of anilines is 1. The maximum absolute atomic E-state index is 7.61. The highest BCUT2D eigenvalue weighted by Gasteiger charge is 2.52. The van der Waals surface area contributed by atoms with Crippen LogP contribution in [0.5, 0.6) is 0 Å². The van der Waals surface area contributed by atoms with Gasteiger partial charge in [0.05, 0.1) is 11.2 Å². The molecule has 0 atom stereocenters. The molecule has 2 rings (SSSR count). The van der Waals surface area contributed by atoms with Gasteiger partial charge in [0.25, 0.3) is 0 Å². The van der Waals surface area contributed by atoms with E-state index in [0.29, 0.717) is 0 Å². The second-order valence-corrected chi connectivity index (χ2v) is 5.79. The SMILES string of the molecule is CNc1cccc(B2OC(C)(C)C(C)(C)O2)c1C=N. The molecule has 1 aliphatic rings. The van der Waals surface area contributed by atoms with Crippen LogP contribution in [0.25, 0.3) is 0 Å². The Kier molecular flexibility index (Phi) is 3.45. The smallest absolute Gasteiger partial charge is 0.399 e. The summed E-state index contributed by atoms with van der Waals surface area (Å²) in [5.74, 6) is 0. The van der Waals surface area contributed by atoms with E-state index in [2.05, 4.69) is 5.32 Å². The molecule has 1 aliphatic heterocycles. The van der Waals surface area contributed by atoms with Crippen LogP contribution >= 0.6 is 0 Å². The third-order valence-corrected chi connectivity index (χ3v) is 4.06. The molecule has 1 heterocycles. The van der Waals surface area contributed by atoms with Gasteiger partial charge in [0, 0.05) is 24.5 Å². The molecule has 2 N–H and O–H groups in total. The Balaban J connectivity index is 2.42. The van der Waals surface area contributed by atoms with Crippen molar-refractivity contribution in [2.24, 2.45) is 0 Å². The highest BCUT2D eigenvalue weighted by Crippen LogP contribution is 2.36. The topological polar surface area (TPSA) is 54.3 Å². The van der Waals surface area contributed by atoms with Crippen LogP contribution in [0, 0.1) is 5.41 Å². The Labute approximate surface area is 115 Å². The minimum absolute atomic E-state index is 0.368. The summed E-state index contributed by atoms with van der Waals surface area (Å²) in [7, 11) is 1.41. The average molecular weight is 260 g/mol. The molecule has 0 spiro atoms. The third-order valence-electron chi connectivity index (χ3n) is 4.06. The predicted molar refractivity (Wildman–Crippen MR) is 79.6 cm³/mol. The first-order valence-corrected chi connectivity index (χ1v) is 6.49. The highest BCUT2D eigenvalue weighted by atomic mass is 16.7. The van der Waals surface area contributed by atoms with E-state index in [1.54, 1.807) is 0 Å². The molecule has 19 heavy (non-hydrogen) atoms. The van der Waals surface area contributed by atoms with Crippen LogP contribution in [-0.4, -0.2) is 31.6 Å². The molecule has 5 heteroatoms. The van der Waals surface area contributed by atoms with E-state index in [1.807, 2.05) is 52.9 Å². The minimum Gasteiger partial charge on any atom is -0.399 e. The van der Waals surface area contributed by atoms with Gasteiger partial charge in [-0.2, -0.15) is 0 Å². The van der Waals surface area contributed by atoms with Crippen LogP contribution in [0.3, 0.4) is 0 Å². The van der Waals surface area contributed by atoms with Gasteiger partial charge in [0.2, 0.25) is 0 Å². The van der Waals surface area contributed by atoms with Crippen molar-refractivity contribution in [2.45, 2.75) is 38.9 Å². The van der Waals surface area contributed by atoms with Crippen LogP contribution in [0.1, 0.15) is 33.3 Å². The lowest BCUT2D eigenvalue weighted by Crippen LogP contribution is -2.41. The van der Waals surface area contributed by atoms with Gasteiger partial charge < -0.3 is 20.0 Å². The molecule has 0 aromatic heterocycles. The second-order valence-electron chi connectivity index (χ2n) is 5.79. The zero-order chi connectivity index (χ0) is 14.3. The lowest BCUT2D eigenvalue weighted by Gasteiger charge is -2.32. The zero-order valence-electron chi connectivity index (χ0n) is 12.2. The van der Waals surface area contributed by atoms with E-state index in [1.165, 1.54) is 6.21 Å². The van der Waals surface area contributed by atoms with Crippen molar-refractivity contribution < 1.29 is 9.31 Å². The maximum Gasteiger partial charge on any atom is 0.495 e. The van der Waals surface area contributed by atoms with Crippen molar-refractivity contribution in [3.63, 3.8) is 0 Å². The minimum atomic E-state index is -0.435. The van der Waals surface area contributed by atoms with Crippen LogP contribution in [0.4, 0.5) is 5.69 Å². The molecule has 0 saturated carbocycles. The van der Waals surface area contributed by atoms with E-state index < -0.39 is 7.12 Å². The van der Waals surface area contributed by atoms with Crippen molar-refractivity contribution in [1.82, 2.24) is 0 Å². The Bertz CT molecular complexity index is 484. The van der Waals surface area contributed by atoms with Gasteiger partial charge in [-0.1, -0.05) is 12.1 Å². The van der Waals surface area contributed by atoms with Gasteiger partial charge in [-0.25, -0.2) is 0 Å². The first kappa shape index (κ1) is 14.1. The molecular formula is C14H21BN2O2. The standard InChI is InChI=1S/C14H21BN2O2/c1-13(2)14(3,4)19-15(18-13)11-7-6-8-12(17-5)10(11)9-16/h6-9,16-17H,1-5H3. The van der Waals surface area contributed by atoms with Gasteiger partial charge in [-0.05, 0) is 39.2 Å². The molecule has 1 fully saturated rings. The largest absolute Gasteiger partial charge is 0.495 e. The number of nitrogens with one attached hydrogen (secondary N) is 2. The number of hydrogen-bond donors (Lipinski definition) is 2. The summed E-state index contributed by atoms with van der Waals surface area (Å²) in [4.78, 5) is 0. The quantitative estimate of drug-likeness (QED) is 0.645. The summed E-state index contributed by atoms with van der Waals surface area (Å²) in [6.07, 6.45) is 1.34. The van der Waals surface area contributed by atoms with Crippen LogP contribution in [0.2, 0.25) is 0 Å². The number of hydrogen-bond acceptors (Lipinski definition) is 4. The first-order chi connectivity index (χ1) is 8.82. The fourth-order valence-electron chi connectivity index (χ4n) is 2.14. The van der Waals surface area contributed by atoms with Crippen LogP contribution in [0.15, 0.2) is 18.2 Å². The molecule has 0 radical (unpaired) electrons. The van der Waals surface area contributed by atoms with Gasteiger partial charge in [-0.15, -0.1) is 0 Å². The molecule has 0 aliphatic carbocycles. The van der Waals surface area contributed by atoms with Crippen LogP contribution in [-0.2, 0) is 9.31 Å². The number of rotatable bonds is 3. The molecule has 1 aromatic rings. The van der Waals surface area contributed by atoms with Crippen molar-refractivity contribution in [2.75, 3.05) is 12.4 Å². The normalized spacial score (nSPS) is 20.4. The Hall–Kier alpha value is -1.33. The molecule has 1 saturated heterocycles. The molecule has 0 amide bonds. The lowest BCUT2D eigenvalue weighted by atomic mass is 9.75. The summed E-state index contributed by atoms with van der Waals surface area (Å²) in [5, 5.41) is 10.7. The van der Waals surface area contributed by atoms with Crippen molar-refractivity contribution in [1.29, 1.82) is 5.41 Å². The molecule has 102 valence electrons. The molecule has 1 aromatic carbocycles. The van der Waals surface area contributed by atoms with Crippen molar-refractivity contribution in [3.8, 4) is 0 Å². The summed E-state index contributed by atoms with van der Waals surface area (Å²) < 4.78 is 12.1. The average Bonchev–Trinajstić information content (AvgIpc) is 2.57. The molecular weight excluding hydrogens is 239 g/mol. The first-order valence-electron chi connectivity index (χ1n) is 6.49. The van der Waals surface area contributed by atoms with Gasteiger partial charge in [0.1, 0.15) is 0 Å². The maximum atomic E-state index is 7.61. The van der Waals surface area contributed by atoms with E-state index in [0.717, 1.165) is 16.7 Å². The molecule has 0 unspecified atom stereocenters.